The van der Waals surface area contributed by atoms with Gasteiger partial charge < -0.3 is 10.2 Å². The Morgan fingerprint density at radius 3 is 2.52 bits per heavy atom. The number of carbonyl (C=O) groups is 2. The van der Waals surface area contributed by atoms with E-state index in [1.54, 1.807) is 30.6 Å². The summed E-state index contributed by atoms with van der Waals surface area (Å²) in [6.07, 6.45) is 0. The third-order valence-electron chi connectivity index (χ3n) is 4.23. The molecule has 4 nitrogen and oxygen atoms in total. The van der Waals surface area contributed by atoms with Crippen molar-refractivity contribution in [1.29, 1.82) is 0 Å². The fourth-order valence-electron chi connectivity index (χ4n) is 2.76. The van der Waals surface area contributed by atoms with Crippen LogP contribution in [0.5, 0.6) is 0 Å². The van der Waals surface area contributed by atoms with E-state index < -0.39 is 6.04 Å². The van der Waals surface area contributed by atoms with Crippen LogP contribution in [0.15, 0.2) is 53.0 Å². The molecule has 0 bridgehead atoms. The maximum absolute atomic E-state index is 12.9. The summed E-state index contributed by atoms with van der Waals surface area (Å²) >= 11 is 5.03. The summed E-state index contributed by atoms with van der Waals surface area (Å²) in [4.78, 5) is 26.6. The van der Waals surface area contributed by atoms with Gasteiger partial charge in [0.15, 0.2) is 0 Å². The summed E-state index contributed by atoms with van der Waals surface area (Å²) in [7, 11) is 1.59. The van der Waals surface area contributed by atoms with Crippen molar-refractivity contribution in [3.8, 4) is 0 Å². The second-order valence-electron chi connectivity index (χ2n) is 6.42. The smallest absolute Gasteiger partial charge is 0.242 e. The zero-order chi connectivity index (χ0) is 19.8. The standard InChI is InChI=1S/C21H25BrN2O2S/c1-15-6-4-8-18(10-15)13-27-14-20(25)24(16(2)21(26)23-3)12-17-7-5-9-19(22)11-17/h4-11,16H,12-14H2,1-3H3,(H,23,26)/t16-/m1/s1. The molecule has 1 atom stereocenters. The van der Waals surface area contributed by atoms with Crippen LogP contribution >= 0.6 is 27.7 Å². The number of hydrogen-bond acceptors (Lipinski definition) is 3. The minimum absolute atomic E-state index is 0.0382. The second kappa shape index (κ2) is 10.5. The van der Waals surface area contributed by atoms with Crippen molar-refractivity contribution in [2.24, 2.45) is 0 Å². The summed E-state index contributed by atoms with van der Waals surface area (Å²) in [5.74, 6) is 0.904. The van der Waals surface area contributed by atoms with E-state index in [1.165, 1.54) is 11.1 Å². The molecule has 0 aliphatic heterocycles. The van der Waals surface area contributed by atoms with Gasteiger partial charge >= 0.3 is 0 Å². The van der Waals surface area contributed by atoms with Gasteiger partial charge in [-0.05, 0) is 37.1 Å². The molecule has 0 aliphatic rings. The van der Waals surface area contributed by atoms with Gasteiger partial charge in [0.25, 0.3) is 0 Å². The van der Waals surface area contributed by atoms with Crippen LogP contribution in [-0.2, 0) is 21.9 Å². The zero-order valence-corrected chi connectivity index (χ0v) is 18.3. The molecule has 2 rings (SSSR count). The van der Waals surface area contributed by atoms with Crippen molar-refractivity contribution in [2.75, 3.05) is 12.8 Å². The summed E-state index contributed by atoms with van der Waals surface area (Å²) in [5.41, 5.74) is 3.40. The monoisotopic (exact) mass is 448 g/mol. The highest BCUT2D eigenvalue weighted by Gasteiger charge is 2.25. The van der Waals surface area contributed by atoms with Gasteiger partial charge in [0.2, 0.25) is 11.8 Å². The van der Waals surface area contributed by atoms with Crippen LogP contribution in [0, 0.1) is 6.92 Å². The Morgan fingerprint density at radius 1 is 1.15 bits per heavy atom. The SMILES string of the molecule is CNC(=O)[C@@H](C)N(Cc1cccc(Br)c1)C(=O)CSCc1cccc(C)c1. The third-order valence-corrected chi connectivity index (χ3v) is 5.71. The lowest BCUT2D eigenvalue weighted by Gasteiger charge is -2.28. The van der Waals surface area contributed by atoms with Crippen molar-refractivity contribution in [3.63, 3.8) is 0 Å². The number of likely N-dealkylation sites (N-methyl/N-ethyl adjacent to an activating group) is 1. The first-order valence-corrected chi connectivity index (χ1v) is 10.7. The Bertz CT molecular complexity index is 797. The molecule has 0 heterocycles. The molecular weight excluding hydrogens is 424 g/mol. The summed E-state index contributed by atoms with van der Waals surface area (Å²) in [5, 5.41) is 2.64. The number of nitrogens with one attached hydrogen (secondary N) is 1. The Morgan fingerprint density at radius 2 is 1.85 bits per heavy atom. The molecule has 6 heteroatoms. The van der Waals surface area contributed by atoms with E-state index in [0.29, 0.717) is 12.3 Å². The molecule has 27 heavy (non-hydrogen) atoms. The first-order valence-electron chi connectivity index (χ1n) is 8.79. The number of carbonyl (C=O) groups excluding carboxylic acids is 2. The molecular formula is C21H25BrN2O2S. The van der Waals surface area contributed by atoms with Crippen molar-refractivity contribution in [2.45, 2.75) is 32.2 Å². The number of hydrogen-bond donors (Lipinski definition) is 1. The highest BCUT2D eigenvalue weighted by atomic mass is 79.9. The Kier molecular flexibility index (Phi) is 8.38. The van der Waals surface area contributed by atoms with E-state index in [9.17, 15) is 9.59 Å². The number of aryl methyl sites for hydroxylation is 1. The third kappa shape index (κ3) is 6.70. The number of benzene rings is 2. The molecule has 0 saturated carbocycles. The molecule has 1 N–H and O–H groups in total. The highest BCUT2D eigenvalue weighted by molar-refractivity contribution is 9.10. The second-order valence-corrected chi connectivity index (χ2v) is 8.32. The van der Waals surface area contributed by atoms with Gasteiger partial charge in [0.1, 0.15) is 6.04 Å². The normalized spacial score (nSPS) is 11.7. The lowest BCUT2D eigenvalue weighted by atomic mass is 10.1. The fourth-order valence-corrected chi connectivity index (χ4v) is 4.07. The predicted octanol–water partition coefficient (Wildman–Crippen LogP) is 4.15. The maximum Gasteiger partial charge on any atom is 0.242 e. The molecule has 0 fully saturated rings. The van der Waals surface area contributed by atoms with Gasteiger partial charge in [-0.25, -0.2) is 0 Å². The number of thioether (sulfide) groups is 1. The number of halogens is 1. The van der Waals surface area contributed by atoms with Crippen LogP contribution in [0.2, 0.25) is 0 Å². The predicted molar refractivity (Wildman–Crippen MR) is 116 cm³/mol. The molecule has 0 spiro atoms. The summed E-state index contributed by atoms with van der Waals surface area (Å²) in [6, 6.07) is 15.6. The Balaban J connectivity index is 2.04. The van der Waals surface area contributed by atoms with E-state index in [1.807, 2.05) is 30.3 Å². The van der Waals surface area contributed by atoms with Gasteiger partial charge in [0, 0.05) is 23.8 Å². The van der Waals surface area contributed by atoms with Gasteiger partial charge in [-0.3, -0.25) is 9.59 Å². The Labute approximate surface area is 173 Å². The van der Waals surface area contributed by atoms with E-state index in [0.717, 1.165) is 15.8 Å². The van der Waals surface area contributed by atoms with Crippen molar-refractivity contribution in [1.82, 2.24) is 10.2 Å². The van der Waals surface area contributed by atoms with Crippen LogP contribution in [0.3, 0.4) is 0 Å². The van der Waals surface area contributed by atoms with Gasteiger partial charge in [0.05, 0.1) is 5.75 Å². The minimum Gasteiger partial charge on any atom is -0.357 e. The van der Waals surface area contributed by atoms with Crippen LogP contribution in [0.4, 0.5) is 0 Å². The van der Waals surface area contributed by atoms with Crippen LogP contribution < -0.4 is 5.32 Å². The molecule has 0 aliphatic carbocycles. The summed E-state index contributed by atoms with van der Waals surface area (Å²) < 4.78 is 0.953. The largest absolute Gasteiger partial charge is 0.357 e. The average molecular weight is 449 g/mol. The van der Waals surface area contributed by atoms with Crippen molar-refractivity contribution < 1.29 is 9.59 Å². The summed E-state index contributed by atoms with van der Waals surface area (Å²) in [6.45, 7) is 4.22. The first-order chi connectivity index (χ1) is 12.9. The van der Waals surface area contributed by atoms with Crippen molar-refractivity contribution in [3.05, 3.63) is 69.7 Å². The molecule has 2 amide bonds. The fraction of sp³-hybridized carbons (Fsp3) is 0.333. The molecule has 0 aromatic heterocycles. The highest BCUT2D eigenvalue weighted by Crippen LogP contribution is 2.18. The van der Waals surface area contributed by atoms with Gasteiger partial charge in [-0.1, -0.05) is 57.9 Å². The van der Waals surface area contributed by atoms with E-state index in [4.69, 9.17) is 0 Å². The van der Waals surface area contributed by atoms with Crippen molar-refractivity contribution >= 4 is 39.5 Å². The lowest BCUT2D eigenvalue weighted by molar-refractivity contribution is -0.138. The minimum atomic E-state index is -0.527. The number of amides is 2. The van der Waals surface area contributed by atoms with Crippen LogP contribution in [-0.4, -0.2) is 35.6 Å². The van der Waals surface area contributed by atoms with Crippen LogP contribution in [0.1, 0.15) is 23.6 Å². The van der Waals surface area contributed by atoms with E-state index in [2.05, 4.69) is 46.4 Å². The first kappa shape index (κ1) is 21.5. The molecule has 2 aromatic carbocycles. The number of rotatable bonds is 8. The zero-order valence-electron chi connectivity index (χ0n) is 15.9. The topological polar surface area (TPSA) is 49.4 Å². The number of nitrogens with zero attached hydrogens (tertiary/aromatic N) is 1. The maximum atomic E-state index is 12.9. The van der Waals surface area contributed by atoms with Gasteiger partial charge in [-0.15, -0.1) is 11.8 Å². The van der Waals surface area contributed by atoms with Gasteiger partial charge in [-0.2, -0.15) is 0 Å². The lowest BCUT2D eigenvalue weighted by Crippen LogP contribution is -2.47. The van der Waals surface area contributed by atoms with E-state index in [-0.39, 0.29) is 11.8 Å². The van der Waals surface area contributed by atoms with Crippen LogP contribution in [0.25, 0.3) is 0 Å². The molecule has 144 valence electrons. The molecule has 0 saturated heterocycles. The average Bonchev–Trinajstić information content (AvgIpc) is 2.65. The molecule has 2 aromatic rings. The Hall–Kier alpha value is -1.79. The molecule has 0 unspecified atom stereocenters. The van der Waals surface area contributed by atoms with E-state index >= 15 is 0 Å². The quantitative estimate of drug-likeness (QED) is 0.659. The molecule has 0 radical (unpaired) electrons.